The van der Waals surface area contributed by atoms with Crippen LogP contribution < -0.4 is 15.9 Å². The summed E-state index contributed by atoms with van der Waals surface area (Å²) >= 11 is 0. The van der Waals surface area contributed by atoms with Crippen molar-refractivity contribution in [3.63, 3.8) is 0 Å². The maximum absolute atomic E-state index is 14.3. The van der Waals surface area contributed by atoms with Crippen LogP contribution in [0.15, 0.2) is 121 Å². The molecule has 4 nitrogen and oxygen atoms in total. The molecule has 0 bridgehead atoms. The average molecular weight is 507 g/mol. The Kier molecular flexibility index (Phi) is 8.02. The number of phosphoric ester groups is 1. The second-order valence-electron chi connectivity index (χ2n) is 8.23. The van der Waals surface area contributed by atoms with Gasteiger partial charge < -0.3 is 0 Å². The van der Waals surface area contributed by atoms with Crippen molar-refractivity contribution in [2.45, 2.75) is 20.0 Å². The van der Waals surface area contributed by atoms with Gasteiger partial charge in [-0.3, -0.25) is 0 Å². The zero-order chi connectivity index (χ0) is 24.6. The maximum atomic E-state index is 14.3. The van der Waals surface area contributed by atoms with Crippen LogP contribution in [-0.4, -0.2) is 13.2 Å². The molecule has 6 heteroatoms. The minimum atomic E-state index is -3.98. The molecule has 0 aromatic heterocycles. The van der Waals surface area contributed by atoms with Crippen molar-refractivity contribution in [1.29, 1.82) is 0 Å². The molecule has 0 aliphatic carbocycles. The summed E-state index contributed by atoms with van der Waals surface area (Å²) in [4.78, 5) is 0. The number of benzene rings is 4. The van der Waals surface area contributed by atoms with Gasteiger partial charge in [-0.05, 0) is 0 Å². The molecule has 0 atom stereocenters. The molecule has 182 valence electrons. The van der Waals surface area contributed by atoms with Crippen LogP contribution in [0.3, 0.4) is 0 Å². The first-order valence-electron chi connectivity index (χ1n) is 11.9. The van der Waals surface area contributed by atoms with Gasteiger partial charge in [0.05, 0.1) is 0 Å². The van der Waals surface area contributed by atoms with E-state index in [0.29, 0.717) is 6.16 Å². The molecule has 0 aliphatic heterocycles. The first-order chi connectivity index (χ1) is 17.1. The van der Waals surface area contributed by atoms with Crippen LogP contribution in [-0.2, 0) is 24.1 Å². The van der Waals surface area contributed by atoms with Crippen molar-refractivity contribution in [2.24, 2.45) is 0 Å². The van der Waals surface area contributed by atoms with E-state index in [1.54, 1.807) is 13.8 Å². The van der Waals surface area contributed by atoms with E-state index in [0.717, 1.165) is 21.5 Å². The third-order valence-corrected chi connectivity index (χ3v) is 14.6. The van der Waals surface area contributed by atoms with Crippen molar-refractivity contribution in [2.75, 3.05) is 13.2 Å². The zero-order valence-corrected chi connectivity index (χ0v) is 22.0. The molecule has 4 rings (SSSR count). The first kappa shape index (κ1) is 25.5. The number of phosphoric acid groups is 1. The van der Waals surface area contributed by atoms with E-state index in [-0.39, 0.29) is 13.2 Å². The molecule has 0 radical (unpaired) electrons. The van der Waals surface area contributed by atoms with Gasteiger partial charge in [0.1, 0.15) is 0 Å². The molecule has 0 unspecified atom stereocenters. The molecule has 0 spiro atoms. The minimum absolute atomic E-state index is 0.202. The van der Waals surface area contributed by atoms with Gasteiger partial charge in [-0.1, -0.05) is 0 Å². The Morgan fingerprint density at radius 2 is 0.914 bits per heavy atom. The molecule has 35 heavy (non-hydrogen) atoms. The molecule has 0 aliphatic rings. The molecule has 4 aromatic rings. The monoisotopic (exact) mass is 506 g/mol. The van der Waals surface area contributed by atoms with Gasteiger partial charge >= 0.3 is 209 Å². The molecular formula is C29H32O4P2. The predicted molar refractivity (Wildman–Crippen MR) is 147 cm³/mol. The van der Waals surface area contributed by atoms with E-state index in [4.69, 9.17) is 13.4 Å². The van der Waals surface area contributed by atoms with Gasteiger partial charge in [-0.25, -0.2) is 0 Å². The van der Waals surface area contributed by atoms with Crippen LogP contribution in [0.2, 0.25) is 0 Å². The van der Waals surface area contributed by atoms with Crippen molar-refractivity contribution >= 4 is 30.6 Å². The van der Waals surface area contributed by atoms with E-state index in [1.807, 2.05) is 72.8 Å². The Morgan fingerprint density at radius 1 is 0.571 bits per heavy atom. The number of hydrogen-bond donors (Lipinski definition) is 0. The van der Waals surface area contributed by atoms with Crippen molar-refractivity contribution < 1.29 is 17.9 Å². The van der Waals surface area contributed by atoms with Gasteiger partial charge in [-0.15, -0.1) is 0 Å². The second-order valence-corrected chi connectivity index (χ2v) is 14.6. The van der Waals surface area contributed by atoms with E-state index in [9.17, 15) is 4.57 Å². The Morgan fingerprint density at radius 3 is 1.26 bits per heavy atom. The Labute approximate surface area is 208 Å². The summed E-state index contributed by atoms with van der Waals surface area (Å²) in [5.74, 6) is 0. The molecule has 0 heterocycles. The third-order valence-electron chi connectivity index (χ3n) is 6.09. The topological polar surface area (TPSA) is 44.8 Å². The number of rotatable bonds is 11. The third kappa shape index (κ3) is 4.91. The quantitative estimate of drug-likeness (QED) is 0.209. The van der Waals surface area contributed by atoms with Crippen LogP contribution >= 0.6 is 14.7 Å². The standard InChI is InChI=1S/C29H32O4P2/c1-3-31-34(30,32-4-2)33-35(27-19-11-6-12-20-27,28-21-13-7-14-22-28,29-23-15-8-16-24-29)25-26-17-9-5-10-18-26/h5-24H,3-4,25H2,1-2H3. The summed E-state index contributed by atoms with van der Waals surface area (Å²) in [7, 11) is -3.98. The Hall–Kier alpha value is -2.58. The summed E-state index contributed by atoms with van der Waals surface area (Å²) in [5, 5.41) is 2.87. The Balaban J connectivity index is 2.19. The summed E-state index contributed by atoms with van der Waals surface area (Å²) in [6.45, 7) is 0.0348. The zero-order valence-electron chi connectivity index (χ0n) is 20.2. The first-order valence-corrected chi connectivity index (χ1v) is 15.7. The van der Waals surface area contributed by atoms with Gasteiger partial charge in [0.15, 0.2) is 0 Å². The van der Waals surface area contributed by atoms with Crippen LogP contribution in [0.5, 0.6) is 0 Å². The van der Waals surface area contributed by atoms with Crippen LogP contribution in [0.4, 0.5) is 0 Å². The van der Waals surface area contributed by atoms with Crippen molar-refractivity contribution in [3.05, 3.63) is 127 Å². The van der Waals surface area contributed by atoms with Crippen LogP contribution in [0.25, 0.3) is 0 Å². The normalized spacial score (nSPS) is 13.1. The fourth-order valence-corrected chi connectivity index (χ4v) is 13.6. The predicted octanol–water partition coefficient (Wildman–Crippen LogP) is 6.83. The second kappa shape index (κ2) is 11.0. The summed E-state index contributed by atoms with van der Waals surface area (Å²) < 4.78 is 33.0. The van der Waals surface area contributed by atoms with Crippen molar-refractivity contribution in [3.8, 4) is 0 Å². The molecule has 0 saturated heterocycles. The summed E-state index contributed by atoms with van der Waals surface area (Å²) in [6, 6.07) is 40.6. The van der Waals surface area contributed by atoms with Gasteiger partial charge in [0, 0.05) is 0 Å². The number of hydrogen-bond acceptors (Lipinski definition) is 4. The fraction of sp³-hybridized carbons (Fsp3) is 0.172. The van der Waals surface area contributed by atoms with Crippen molar-refractivity contribution in [1.82, 2.24) is 0 Å². The molecule has 0 N–H and O–H groups in total. The van der Waals surface area contributed by atoms with Gasteiger partial charge in [-0.2, -0.15) is 0 Å². The Bertz CT molecular complexity index is 1140. The molecule has 0 amide bonds. The van der Waals surface area contributed by atoms with Crippen LogP contribution in [0, 0.1) is 0 Å². The summed E-state index contributed by atoms with van der Waals surface area (Å²) in [6.07, 6.45) is 0.495. The molecule has 0 fully saturated rings. The van der Waals surface area contributed by atoms with E-state index in [2.05, 4.69) is 48.5 Å². The van der Waals surface area contributed by atoms with E-state index in [1.165, 1.54) is 0 Å². The molecular weight excluding hydrogens is 474 g/mol. The molecule has 0 saturated carbocycles. The van der Waals surface area contributed by atoms with Crippen LogP contribution in [0.1, 0.15) is 19.4 Å². The van der Waals surface area contributed by atoms with E-state index >= 15 is 0 Å². The van der Waals surface area contributed by atoms with Gasteiger partial charge in [0.2, 0.25) is 0 Å². The summed E-state index contributed by atoms with van der Waals surface area (Å²) in [5.41, 5.74) is 1.07. The SMILES string of the molecule is CCOP(=O)(OCC)OP(Cc1ccccc1)(c1ccccc1)(c1ccccc1)c1ccccc1. The fourth-order valence-electron chi connectivity index (χ4n) is 4.67. The van der Waals surface area contributed by atoms with E-state index < -0.39 is 14.7 Å². The van der Waals surface area contributed by atoms with Gasteiger partial charge in [0.25, 0.3) is 0 Å². The molecule has 4 aromatic carbocycles. The average Bonchev–Trinajstić information content (AvgIpc) is 2.91.